The van der Waals surface area contributed by atoms with E-state index in [0.29, 0.717) is 11.1 Å². The molecule has 4 aromatic rings. The quantitative estimate of drug-likeness (QED) is 0.481. The van der Waals surface area contributed by atoms with Crippen LogP contribution < -0.4 is 10.5 Å². The molecule has 0 amide bonds. The molecule has 1 aliphatic rings. The lowest BCUT2D eigenvalue weighted by Gasteiger charge is -2.34. The van der Waals surface area contributed by atoms with Crippen LogP contribution in [-0.4, -0.2) is 43.1 Å². The van der Waals surface area contributed by atoms with Gasteiger partial charge in [-0.1, -0.05) is 6.07 Å². The van der Waals surface area contributed by atoms with Crippen molar-refractivity contribution in [3.63, 3.8) is 0 Å². The van der Waals surface area contributed by atoms with E-state index in [2.05, 4.69) is 27.9 Å². The summed E-state index contributed by atoms with van der Waals surface area (Å²) in [6, 6.07) is 14.0. The zero-order valence-corrected chi connectivity index (χ0v) is 16.8. The number of nitrogens with zero attached hydrogens (tertiary/aromatic N) is 3. The number of aryl methyl sites for hydroxylation is 1. The lowest BCUT2D eigenvalue weighted by molar-refractivity contribution is 0.313. The minimum atomic E-state index is -0.302. The number of rotatable bonds is 2. The van der Waals surface area contributed by atoms with Gasteiger partial charge in [-0.2, -0.15) is 0 Å². The van der Waals surface area contributed by atoms with Gasteiger partial charge in [-0.3, -0.25) is 0 Å². The molecule has 0 bridgehead atoms. The van der Waals surface area contributed by atoms with Crippen LogP contribution in [0.3, 0.4) is 0 Å². The normalized spacial score (nSPS) is 15.6. The molecule has 0 atom stereocenters. The summed E-state index contributed by atoms with van der Waals surface area (Å²) >= 11 is 1.64. The van der Waals surface area contributed by atoms with Crippen LogP contribution in [0.2, 0.25) is 0 Å². The van der Waals surface area contributed by atoms with Crippen molar-refractivity contribution in [2.75, 3.05) is 38.1 Å². The topological polar surface area (TPSA) is 49.6 Å². The van der Waals surface area contributed by atoms with Gasteiger partial charge in [0.25, 0.3) is 0 Å². The maximum Gasteiger partial charge on any atom is 0.344 e. The first-order valence-electron chi connectivity index (χ1n) is 9.46. The van der Waals surface area contributed by atoms with Crippen LogP contribution in [-0.2, 0) is 0 Å². The Morgan fingerprint density at radius 3 is 2.68 bits per heavy atom. The van der Waals surface area contributed by atoms with Crippen LogP contribution in [0.15, 0.2) is 51.7 Å². The van der Waals surface area contributed by atoms with Gasteiger partial charge in [-0.05, 0) is 49.9 Å². The Morgan fingerprint density at radius 1 is 1.04 bits per heavy atom. The van der Waals surface area contributed by atoms with E-state index in [0.717, 1.165) is 58.0 Å². The van der Waals surface area contributed by atoms with Crippen molar-refractivity contribution < 1.29 is 4.42 Å². The first kappa shape index (κ1) is 17.4. The van der Waals surface area contributed by atoms with E-state index in [-0.39, 0.29) is 5.63 Å². The smallest absolute Gasteiger partial charge is 0.344 e. The van der Waals surface area contributed by atoms with E-state index in [4.69, 9.17) is 4.42 Å². The Hall–Kier alpha value is -2.70. The van der Waals surface area contributed by atoms with Crippen LogP contribution >= 0.6 is 11.3 Å². The number of anilines is 1. The predicted octanol–water partition coefficient (Wildman–Crippen LogP) is 4.13. The maximum atomic E-state index is 12.7. The van der Waals surface area contributed by atoms with Crippen LogP contribution in [0.5, 0.6) is 0 Å². The van der Waals surface area contributed by atoms with E-state index in [1.807, 2.05) is 43.3 Å². The number of likely N-dealkylation sites (N-methyl/N-ethyl adjacent to an activating group) is 1. The summed E-state index contributed by atoms with van der Waals surface area (Å²) in [5.74, 6) is 0. The zero-order valence-electron chi connectivity index (χ0n) is 15.9. The molecule has 0 aliphatic carbocycles. The van der Waals surface area contributed by atoms with Gasteiger partial charge in [0.05, 0.1) is 20.8 Å². The van der Waals surface area contributed by atoms with Gasteiger partial charge in [0.15, 0.2) is 0 Å². The first-order valence-corrected chi connectivity index (χ1v) is 10.3. The molecule has 6 heteroatoms. The second kappa shape index (κ2) is 6.72. The molecule has 0 N–H and O–H groups in total. The average molecular weight is 391 g/mol. The second-order valence-corrected chi connectivity index (χ2v) is 8.61. The summed E-state index contributed by atoms with van der Waals surface area (Å²) in [5.41, 5.74) is 3.87. The third-order valence-electron chi connectivity index (χ3n) is 5.39. The number of aromatic nitrogens is 1. The molecule has 28 heavy (non-hydrogen) atoms. The number of hydrogen-bond donors (Lipinski definition) is 0. The number of benzene rings is 2. The fourth-order valence-electron chi connectivity index (χ4n) is 3.77. The van der Waals surface area contributed by atoms with Crippen molar-refractivity contribution in [3.8, 4) is 11.1 Å². The predicted molar refractivity (Wildman–Crippen MR) is 116 cm³/mol. The fraction of sp³-hybridized carbons (Fsp3) is 0.273. The van der Waals surface area contributed by atoms with Crippen molar-refractivity contribution in [1.29, 1.82) is 0 Å². The maximum absolute atomic E-state index is 12.7. The Morgan fingerprint density at radius 2 is 1.86 bits per heavy atom. The Balaban J connectivity index is 1.54. The number of fused-ring (bicyclic) bond motifs is 2. The van der Waals surface area contributed by atoms with E-state index < -0.39 is 0 Å². The van der Waals surface area contributed by atoms with E-state index in [1.54, 1.807) is 11.3 Å². The monoisotopic (exact) mass is 391 g/mol. The van der Waals surface area contributed by atoms with Crippen molar-refractivity contribution in [3.05, 3.63) is 57.9 Å². The molecular weight excluding hydrogens is 370 g/mol. The van der Waals surface area contributed by atoms with Gasteiger partial charge in [0.1, 0.15) is 5.58 Å². The second-order valence-electron chi connectivity index (χ2n) is 7.38. The van der Waals surface area contributed by atoms with Gasteiger partial charge < -0.3 is 14.2 Å². The molecule has 1 saturated heterocycles. The van der Waals surface area contributed by atoms with E-state index >= 15 is 0 Å². The Kier molecular flexibility index (Phi) is 4.18. The molecule has 0 radical (unpaired) electrons. The molecule has 0 unspecified atom stereocenters. The molecule has 2 aromatic heterocycles. The standard InChI is InChI=1S/C22H21N3O2S/c1-14-23-19-6-4-15(12-21(19)28-14)18-11-16-3-5-17(13-20(16)27-22(18)26)25-9-7-24(2)8-10-25/h3-6,11-13H,7-10H2,1-2H3. The van der Waals surface area contributed by atoms with Gasteiger partial charge in [0.2, 0.25) is 0 Å². The fourth-order valence-corrected chi connectivity index (χ4v) is 4.64. The summed E-state index contributed by atoms with van der Waals surface area (Å²) in [6.45, 7) is 6.05. The van der Waals surface area contributed by atoms with Crippen LogP contribution in [0.1, 0.15) is 5.01 Å². The third-order valence-corrected chi connectivity index (χ3v) is 6.33. The lowest BCUT2D eigenvalue weighted by atomic mass is 10.1. The van der Waals surface area contributed by atoms with Crippen LogP contribution in [0.25, 0.3) is 32.3 Å². The molecule has 2 aromatic carbocycles. The molecule has 5 nitrogen and oxygen atoms in total. The number of hydrogen-bond acceptors (Lipinski definition) is 6. The highest BCUT2D eigenvalue weighted by atomic mass is 32.1. The van der Waals surface area contributed by atoms with Crippen LogP contribution in [0.4, 0.5) is 5.69 Å². The van der Waals surface area contributed by atoms with E-state index in [1.165, 1.54) is 0 Å². The number of thiazole rings is 1. The Labute approximate surface area is 166 Å². The van der Waals surface area contributed by atoms with Crippen molar-refractivity contribution in [2.45, 2.75) is 6.92 Å². The number of piperazine rings is 1. The highest BCUT2D eigenvalue weighted by Crippen LogP contribution is 2.29. The molecule has 0 saturated carbocycles. The molecule has 1 fully saturated rings. The Bertz CT molecular complexity index is 1240. The molecule has 5 rings (SSSR count). The average Bonchev–Trinajstić information content (AvgIpc) is 3.07. The highest BCUT2D eigenvalue weighted by molar-refractivity contribution is 7.18. The highest BCUT2D eigenvalue weighted by Gasteiger charge is 2.16. The zero-order chi connectivity index (χ0) is 19.3. The summed E-state index contributed by atoms with van der Waals surface area (Å²) < 4.78 is 6.80. The van der Waals surface area contributed by atoms with Crippen molar-refractivity contribution in [1.82, 2.24) is 9.88 Å². The van der Waals surface area contributed by atoms with Gasteiger partial charge in [0, 0.05) is 43.3 Å². The summed E-state index contributed by atoms with van der Waals surface area (Å²) in [4.78, 5) is 21.9. The molecule has 0 spiro atoms. The van der Waals surface area contributed by atoms with Gasteiger partial charge >= 0.3 is 5.63 Å². The summed E-state index contributed by atoms with van der Waals surface area (Å²) in [6.07, 6.45) is 0. The first-order chi connectivity index (χ1) is 13.6. The van der Waals surface area contributed by atoms with Gasteiger partial charge in [-0.25, -0.2) is 9.78 Å². The van der Waals surface area contributed by atoms with Gasteiger partial charge in [-0.15, -0.1) is 11.3 Å². The third kappa shape index (κ3) is 3.08. The van der Waals surface area contributed by atoms with Crippen molar-refractivity contribution >= 4 is 38.2 Å². The summed E-state index contributed by atoms with van der Waals surface area (Å²) in [5, 5.41) is 1.96. The van der Waals surface area contributed by atoms with Crippen molar-refractivity contribution in [2.24, 2.45) is 0 Å². The largest absolute Gasteiger partial charge is 0.422 e. The molecule has 3 heterocycles. The lowest BCUT2D eigenvalue weighted by Crippen LogP contribution is -2.44. The minimum absolute atomic E-state index is 0.302. The molecular formula is C22H21N3O2S. The molecule has 1 aliphatic heterocycles. The van der Waals surface area contributed by atoms with E-state index in [9.17, 15) is 4.79 Å². The SMILES string of the molecule is Cc1nc2ccc(-c3cc4ccc(N5CCN(C)CC5)cc4oc3=O)cc2s1. The summed E-state index contributed by atoms with van der Waals surface area (Å²) in [7, 11) is 2.14. The molecule has 142 valence electrons. The van der Waals surface area contributed by atoms with Crippen LogP contribution in [0, 0.1) is 6.92 Å². The minimum Gasteiger partial charge on any atom is -0.422 e.